The highest BCUT2D eigenvalue weighted by Crippen LogP contribution is 2.32. The second-order valence-electron chi connectivity index (χ2n) is 5.43. The summed E-state index contributed by atoms with van der Waals surface area (Å²) in [6.45, 7) is 2.76. The third-order valence-electron chi connectivity index (χ3n) is 3.33. The van der Waals surface area contributed by atoms with Crippen LogP contribution in [0.1, 0.15) is 18.9 Å². The molecule has 0 aliphatic heterocycles. The van der Waals surface area contributed by atoms with Crippen LogP contribution in [0.2, 0.25) is 0 Å². The van der Waals surface area contributed by atoms with Crippen molar-refractivity contribution >= 4 is 5.69 Å². The van der Waals surface area contributed by atoms with Gasteiger partial charge < -0.3 is 15.2 Å². The lowest BCUT2D eigenvalue weighted by Crippen LogP contribution is -2.18. The minimum absolute atomic E-state index is 0.0966. The lowest BCUT2D eigenvalue weighted by atomic mass is 10.2. The fraction of sp³-hybridized carbons (Fsp3) is 0.294. The van der Waals surface area contributed by atoms with Gasteiger partial charge in [-0.3, -0.25) is 10.1 Å². The molecule has 0 fully saturated rings. The zero-order valence-corrected chi connectivity index (χ0v) is 13.2. The molecule has 0 spiro atoms. The molecule has 2 rings (SSSR count). The molecule has 0 aliphatic rings. The molecule has 24 heavy (non-hydrogen) atoms. The number of aliphatic hydroxyl groups excluding tert-OH is 1. The fourth-order valence-corrected chi connectivity index (χ4v) is 2.08. The lowest BCUT2D eigenvalue weighted by molar-refractivity contribution is -0.385. The van der Waals surface area contributed by atoms with Gasteiger partial charge in [0.25, 0.3) is 0 Å². The first-order valence-electron chi connectivity index (χ1n) is 7.55. The van der Waals surface area contributed by atoms with E-state index in [2.05, 4.69) is 5.32 Å². The molecule has 1 atom stereocenters. The van der Waals surface area contributed by atoms with Crippen LogP contribution in [0.3, 0.4) is 0 Å². The van der Waals surface area contributed by atoms with Gasteiger partial charge in [-0.25, -0.2) is 4.39 Å². The maximum Gasteiger partial charge on any atom is 0.311 e. The first-order valence-corrected chi connectivity index (χ1v) is 7.55. The molecule has 0 saturated carbocycles. The van der Waals surface area contributed by atoms with Gasteiger partial charge in [-0.2, -0.15) is 0 Å². The van der Waals surface area contributed by atoms with Crippen molar-refractivity contribution in [2.75, 3.05) is 6.54 Å². The molecule has 0 heterocycles. The maximum absolute atomic E-state index is 12.9. The predicted molar refractivity (Wildman–Crippen MR) is 87.6 cm³/mol. The Labute approximate surface area is 139 Å². The Balaban J connectivity index is 2.08. The average Bonchev–Trinajstić information content (AvgIpc) is 2.54. The van der Waals surface area contributed by atoms with Crippen molar-refractivity contribution in [3.8, 4) is 11.5 Å². The molecule has 0 bridgehead atoms. The zero-order valence-electron chi connectivity index (χ0n) is 13.2. The van der Waals surface area contributed by atoms with Gasteiger partial charge in [0.2, 0.25) is 5.75 Å². The molecular weight excluding hydrogens is 315 g/mol. The Hall–Kier alpha value is -2.51. The van der Waals surface area contributed by atoms with Crippen molar-refractivity contribution in [2.45, 2.75) is 26.0 Å². The van der Waals surface area contributed by atoms with E-state index >= 15 is 0 Å². The summed E-state index contributed by atoms with van der Waals surface area (Å²) >= 11 is 0. The van der Waals surface area contributed by atoms with Crippen LogP contribution in [0.4, 0.5) is 10.1 Å². The number of hydrogen-bond acceptors (Lipinski definition) is 5. The van der Waals surface area contributed by atoms with E-state index in [0.29, 0.717) is 25.3 Å². The number of rotatable bonds is 8. The van der Waals surface area contributed by atoms with Gasteiger partial charge in [-0.1, -0.05) is 6.07 Å². The largest absolute Gasteiger partial charge is 0.450 e. The highest BCUT2D eigenvalue weighted by molar-refractivity contribution is 5.50. The monoisotopic (exact) mass is 334 g/mol. The van der Waals surface area contributed by atoms with E-state index in [1.54, 1.807) is 13.0 Å². The Morgan fingerprint density at radius 3 is 2.62 bits per heavy atom. The summed E-state index contributed by atoms with van der Waals surface area (Å²) < 4.78 is 18.4. The number of benzene rings is 2. The molecule has 0 aromatic heterocycles. The van der Waals surface area contributed by atoms with Crippen LogP contribution < -0.4 is 10.1 Å². The number of nitro groups is 1. The molecule has 6 nitrogen and oxygen atoms in total. The van der Waals surface area contributed by atoms with Crippen LogP contribution in [0.25, 0.3) is 0 Å². The topological polar surface area (TPSA) is 84.6 Å². The summed E-state index contributed by atoms with van der Waals surface area (Å²) in [4.78, 5) is 10.7. The molecular formula is C17H19FN2O4. The molecule has 0 aliphatic carbocycles. The lowest BCUT2D eigenvalue weighted by Gasteiger charge is -2.09. The number of hydrogen-bond donors (Lipinski definition) is 2. The quantitative estimate of drug-likeness (QED) is 0.439. The van der Waals surface area contributed by atoms with Gasteiger partial charge in [0.15, 0.2) is 0 Å². The summed E-state index contributed by atoms with van der Waals surface area (Å²) in [6.07, 6.45) is 0.215. The second-order valence-corrected chi connectivity index (χ2v) is 5.43. The number of nitrogens with zero attached hydrogens (tertiary/aromatic N) is 1. The molecule has 0 radical (unpaired) electrons. The van der Waals surface area contributed by atoms with Gasteiger partial charge >= 0.3 is 5.69 Å². The van der Waals surface area contributed by atoms with Crippen molar-refractivity contribution in [3.63, 3.8) is 0 Å². The molecule has 2 N–H and O–H groups in total. The van der Waals surface area contributed by atoms with Crippen molar-refractivity contribution in [1.29, 1.82) is 0 Å². The van der Waals surface area contributed by atoms with Crippen LogP contribution in [0, 0.1) is 15.9 Å². The third-order valence-corrected chi connectivity index (χ3v) is 3.33. The SMILES string of the molecule is CC(O)CCNCc1ccc(Oc2ccc(F)cc2)c([N+](=O)[O-])c1. The Morgan fingerprint density at radius 1 is 1.29 bits per heavy atom. The number of nitro benzene ring substituents is 1. The van der Waals surface area contributed by atoms with E-state index in [-0.39, 0.29) is 11.4 Å². The summed E-state index contributed by atoms with van der Waals surface area (Å²) in [5, 5.41) is 23.5. The number of aliphatic hydroxyl groups is 1. The third kappa shape index (κ3) is 5.29. The normalized spacial score (nSPS) is 12.0. The highest BCUT2D eigenvalue weighted by atomic mass is 19.1. The zero-order chi connectivity index (χ0) is 17.5. The molecule has 7 heteroatoms. The summed E-state index contributed by atoms with van der Waals surface area (Å²) in [6, 6.07) is 9.95. The average molecular weight is 334 g/mol. The van der Waals surface area contributed by atoms with Crippen LogP contribution >= 0.6 is 0 Å². The van der Waals surface area contributed by atoms with Gasteiger partial charge in [-0.05, 0) is 55.8 Å². The van der Waals surface area contributed by atoms with Gasteiger partial charge in [0.05, 0.1) is 11.0 Å². The molecule has 0 saturated heterocycles. The highest BCUT2D eigenvalue weighted by Gasteiger charge is 2.16. The molecule has 0 amide bonds. The van der Waals surface area contributed by atoms with Crippen LogP contribution in [0.5, 0.6) is 11.5 Å². The molecule has 1 unspecified atom stereocenters. The van der Waals surface area contributed by atoms with E-state index in [1.807, 2.05) is 0 Å². The summed E-state index contributed by atoms with van der Waals surface area (Å²) in [5.41, 5.74) is 0.577. The van der Waals surface area contributed by atoms with Gasteiger partial charge in [0, 0.05) is 12.6 Å². The van der Waals surface area contributed by atoms with Gasteiger partial charge in [-0.15, -0.1) is 0 Å². The van der Waals surface area contributed by atoms with E-state index in [4.69, 9.17) is 4.74 Å². The van der Waals surface area contributed by atoms with E-state index in [1.165, 1.54) is 36.4 Å². The predicted octanol–water partition coefficient (Wildman–Crippen LogP) is 3.39. The van der Waals surface area contributed by atoms with E-state index < -0.39 is 16.8 Å². The molecule has 128 valence electrons. The Morgan fingerprint density at radius 2 is 2.00 bits per heavy atom. The minimum Gasteiger partial charge on any atom is -0.450 e. The van der Waals surface area contributed by atoms with Crippen LogP contribution in [-0.2, 0) is 6.54 Å². The van der Waals surface area contributed by atoms with Crippen molar-refractivity contribution in [3.05, 3.63) is 64.0 Å². The van der Waals surface area contributed by atoms with Crippen molar-refractivity contribution in [1.82, 2.24) is 5.32 Å². The Kier molecular flexibility index (Phi) is 6.22. The van der Waals surface area contributed by atoms with Crippen molar-refractivity contribution in [2.24, 2.45) is 0 Å². The maximum atomic E-state index is 12.9. The number of nitrogens with one attached hydrogen (secondary N) is 1. The van der Waals surface area contributed by atoms with E-state index in [0.717, 1.165) is 5.56 Å². The standard InChI is InChI=1S/C17H19FN2O4/c1-12(21)8-9-19-11-13-2-7-17(16(10-13)20(22)23)24-15-5-3-14(18)4-6-15/h2-7,10,12,19,21H,8-9,11H2,1H3. The minimum atomic E-state index is -0.516. The number of halogens is 1. The smallest absolute Gasteiger partial charge is 0.311 e. The fourth-order valence-electron chi connectivity index (χ4n) is 2.08. The van der Waals surface area contributed by atoms with Crippen LogP contribution in [0.15, 0.2) is 42.5 Å². The van der Waals surface area contributed by atoms with Crippen LogP contribution in [-0.4, -0.2) is 22.7 Å². The van der Waals surface area contributed by atoms with Crippen molar-refractivity contribution < 1.29 is 19.2 Å². The first-order chi connectivity index (χ1) is 11.5. The van der Waals surface area contributed by atoms with Gasteiger partial charge in [0.1, 0.15) is 11.6 Å². The number of ether oxygens (including phenoxy) is 1. The summed E-state index contributed by atoms with van der Waals surface area (Å²) in [5.74, 6) is 0.0112. The summed E-state index contributed by atoms with van der Waals surface area (Å²) in [7, 11) is 0. The Bertz CT molecular complexity index is 689. The molecule has 2 aromatic carbocycles. The molecule has 2 aromatic rings. The second kappa shape index (κ2) is 8.37. The van der Waals surface area contributed by atoms with E-state index in [9.17, 15) is 19.6 Å². The first kappa shape index (κ1) is 17.8.